The first-order valence-electron chi connectivity index (χ1n) is 11.5. The maximum Gasteiger partial charge on any atom is 0.573 e. The molecule has 3 N–H and O–H groups in total. The van der Waals surface area contributed by atoms with E-state index in [4.69, 9.17) is 9.47 Å². The number of ether oxygens (including phenoxy) is 3. The number of carbonyl (C=O) groups is 3. The zero-order valence-corrected chi connectivity index (χ0v) is 21.6. The van der Waals surface area contributed by atoms with Crippen molar-refractivity contribution in [3.05, 3.63) is 65.7 Å². The highest BCUT2D eigenvalue weighted by Gasteiger charge is 2.42. The SMILES string of the molecule is COC(=O)C(C)(NC(=O)[C@@H](O)[C@@H](Cc1ccccc1)NC(=O)OC(C)(C)C)c1cccc(OC(F)(F)F)c1. The molecule has 0 radical (unpaired) electrons. The Labute approximate surface area is 218 Å². The predicted molar refractivity (Wildman–Crippen MR) is 130 cm³/mol. The van der Waals surface area contributed by atoms with Gasteiger partial charge in [0.25, 0.3) is 5.91 Å². The largest absolute Gasteiger partial charge is 0.573 e. The van der Waals surface area contributed by atoms with Crippen LogP contribution >= 0.6 is 0 Å². The quantitative estimate of drug-likeness (QED) is 0.416. The molecule has 2 rings (SSSR count). The fourth-order valence-electron chi connectivity index (χ4n) is 3.52. The lowest BCUT2D eigenvalue weighted by Crippen LogP contribution is -2.58. The number of halogens is 3. The summed E-state index contributed by atoms with van der Waals surface area (Å²) >= 11 is 0. The number of hydrogen-bond donors (Lipinski definition) is 3. The van der Waals surface area contributed by atoms with E-state index < -0.39 is 53.4 Å². The Morgan fingerprint density at radius 3 is 2.16 bits per heavy atom. The second-order valence-corrected chi connectivity index (χ2v) is 9.57. The fourth-order valence-corrected chi connectivity index (χ4v) is 3.52. The number of esters is 1. The third kappa shape index (κ3) is 8.94. The molecule has 2 aromatic rings. The molecule has 1 unspecified atom stereocenters. The Morgan fingerprint density at radius 2 is 1.61 bits per heavy atom. The summed E-state index contributed by atoms with van der Waals surface area (Å²) in [5, 5.41) is 15.8. The van der Waals surface area contributed by atoms with Crippen LogP contribution in [0.15, 0.2) is 54.6 Å². The Balaban J connectivity index is 2.36. The Kier molecular flexibility index (Phi) is 9.74. The summed E-state index contributed by atoms with van der Waals surface area (Å²) in [5.41, 5.74) is -2.32. The molecule has 0 fully saturated rings. The minimum atomic E-state index is -4.99. The summed E-state index contributed by atoms with van der Waals surface area (Å²) in [6, 6.07) is 11.9. The number of hydrogen-bond acceptors (Lipinski definition) is 7. The number of amides is 2. The van der Waals surface area contributed by atoms with Gasteiger partial charge >= 0.3 is 18.4 Å². The average Bonchev–Trinajstić information content (AvgIpc) is 2.81. The molecule has 2 aromatic carbocycles. The topological polar surface area (TPSA) is 123 Å². The number of alkyl halides is 3. The number of nitrogens with one attached hydrogen (secondary N) is 2. The standard InChI is InChI=1S/C26H31F3N2O7/c1-24(2,3)38-23(35)30-19(14-16-10-7-6-8-11-16)20(32)21(33)31-25(4,22(34)36-5)17-12-9-13-18(15-17)37-26(27,28)29/h6-13,15,19-20,32H,14H2,1-5H3,(H,30,35)(H,31,33)/t19-,20+,25?/m1/s1. The molecule has 0 aromatic heterocycles. The lowest BCUT2D eigenvalue weighted by Gasteiger charge is -2.32. The van der Waals surface area contributed by atoms with E-state index in [-0.39, 0.29) is 12.0 Å². The van der Waals surface area contributed by atoms with Crippen molar-refractivity contribution >= 4 is 18.0 Å². The van der Waals surface area contributed by atoms with E-state index >= 15 is 0 Å². The number of methoxy groups -OCH3 is 1. The molecule has 0 heterocycles. The van der Waals surface area contributed by atoms with Gasteiger partial charge in [-0.3, -0.25) is 4.79 Å². The molecule has 0 saturated heterocycles. The average molecular weight is 541 g/mol. The lowest BCUT2D eigenvalue weighted by molar-refractivity contribution is -0.274. The molecule has 0 bridgehead atoms. The van der Waals surface area contributed by atoms with Gasteiger partial charge in [0, 0.05) is 0 Å². The minimum absolute atomic E-state index is 0.0124. The van der Waals surface area contributed by atoms with Crippen LogP contribution in [0.25, 0.3) is 0 Å². The van der Waals surface area contributed by atoms with Crippen LogP contribution in [0.3, 0.4) is 0 Å². The zero-order chi connectivity index (χ0) is 28.7. The normalized spacial score (nSPS) is 14.9. The van der Waals surface area contributed by atoms with Gasteiger partial charge in [-0.25, -0.2) is 9.59 Å². The van der Waals surface area contributed by atoms with Gasteiger partial charge in [0.05, 0.1) is 13.2 Å². The van der Waals surface area contributed by atoms with E-state index in [0.717, 1.165) is 19.2 Å². The van der Waals surface area contributed by atoms with E-state index in [2.05, 4.69) is 15.4 Å². The van der Waals surface area contributed by atoms with Gasteiger partial charge in [-0.15, -0.1) is 13.2 Å². The molecule has 9 nitrogen and oxygen atoms in total. The highest BCUT2D eigenvalue weighted by atomic mass is 19.4. The molecule has 12 heteroatoms. The second-order valence-electron chi connectivity index (χ2n) is 9.57. The first kappa shape index (κ1) is 30.4. The van der Waals surface area contributed by atoms with Crippen LogP contribution in [0, 0.1) is 0 Å². The van der Waals surface area contributed by atoms with Gasteiger partial charge in [-0.1, -0.05) is 42.5 Å². The summed E-state index contributed by atoms with van der Waals surface area (Å²) in [4.78, 5) is 38.3. The molecular weight excluding hydrogens is 509 g/mol. The first-order chi connectivity index (χ1) is 17.5. The second kappa shape index (κ2) is 12.2. The van der Waals surface area contributed by atoms with Gasteiger partial charge in [-0.05, 0) is 57.4 Å². The molecule has 38 heavy (non-hydrogen) atoms. The van der Waals surface area contributed by atoms with Crippen LogP contribution in [0.5, 0.6) is 5.75 Å². The van der Waals surface area contributed by atoms with Gasteiger partial charge < -0.3 is 30.0 Å². The summed E-state index contributed by atoms with van der Waals surface area (Å²) in [7, 11) is 1.03. The van der Waals surface area contributed by atoms with E-state index in [1.165, 1.54) is 19.1 Å². The van der Waals surface area contributed by atoms with E-state index in [1.54, 1.807) is 51.1 Å². The van der Waals surface area contributed by atoms with Gasteiger partial charge in [-0.2, -0.15) is 0 Å². The van der Waals surface area contributed by atoms with Crippen molar-refractivity contribution in [3.8, 4) is 5.75 Å². The molecule has 2 amide bonds. The summed E-state index contributed by atoms with van der Waals surface area (Å²) in [6.07, 6.45) is -7.77. The number of aliphatic hydroxyl groups is 1. The van der Waals surface area contributed by atoms with Crippen LogP contribution in [-0.4, -0.2) is 54.3 Å². The van der Waals surface area contributed by atoms with Gasteiger partial charge in [0.15, 0.2) is 11.6 Å². The highest BCUT2D eigenvalue weighted by molar-refractivity contribution is 5.91. The number of carbonyl (C=O) groups excluding carboxylic acids is 3. The number of aliphatic hydroxyl groups excluding tert-OH is 1. The number of rotatable bonds is 9. The maximum atomic E-state index is 13.2. The van der Waals surface area contributed by atoms with Gasteiger partial charge in [0.1, 0.15) is 11.4 Å². The van der Waals surface area contributed by atoms with Crippen molar-refractivity contribution in [2.75, 3.05) is 7.11 Å². The van der Waals surface area contributed by atoms with Crippen molar-refractivity contribution < 1.29 is 46.9 Å². The van der Waals surface area contributed by atoms with Crippen molar-refractivity contribution in [1.82, 2.24) is 10.6 Å². The van der Waals surface area contributed by atoms with E-state index in [1.807, 2.05) is 0 Å². The van der Waals surface area contributed by atoms with Crippen molar-refractivity contribution in [1.29, 1.82) is 0 Å². The van der Waals surface area contributed by atoms with Crippen molar-refractivity contribution in [3.63, 3.8) is 0 Å². The van der Waals surface area contributed by atoms with Crippen LogP contribution < -0.4 is 15.4 Å². The Hall–Kier alpha value is -3.80. The third-order valence-electron chi connectivity index (χ3n) is 5.26. The molecule has 0 spiro atoms. The molecular formula is C26H31F3N2O7. The van der Waals surface area contributed by atoms with E-state index in [9.17, 15) is 32.7 Å². The fraction of sp³-hybridized carbons (Fsp3) is 0.423. The predicted octanol–water partition coefficient (Wildman–Crippen LogP) is 3.59. The highest BCUT2D eigenvalue weighted by Crippen LogP contribution is 2.29. The molecule has 0 saturated carbocycles. The van der Waals surface area contributed by atoms with Crippen molar-refractivity contribution in [2.45, 2.75) is 63.8 Å². The summed E-state index contributed by atoms with van der Waals surface area (Å²) in [5.74, 6) is -2.76. The monoisotopic (exact) mass is 540 g/mol. The number of benzene rings is 2. The van der Waals surface area contributed by atoms with Gasteiger partial charge in [0.2, 0.25) is 0 Å². The molecule has 0 aliphatic carbocycles. The summed E-state index contributed by atoms with van der Waals surface area (Å²) < 4.78 is 52.1. The Morgan fingerprint density at radius 1 is 0.974 bits per heavy atom. The molecule has 0 aliphatic rings. The van der Waals surface area contributed by atoms with Crippen molar-refractivity contribution in [2.24, 2.45) is 0 Å². The third-order valence-corrected chi connectivity index (χ3v) is 5.26. The maximum absolute atomic E-state index is 13.2. The molecule has 0 aliphatic heterocycles. The number of alkyl carbamates (subject to hydrolysis) is 1. The van der Waals surface area contributed by atoms with Crippen LogP contribution in [-0.2, 0) is 31.0 Å². The zero-order valence-electron chi connectivity index (χ0n) is 21.6. The first-order valence-corrected chi connectivity index (χ1v) is 11.5. The minimum Gasteiger partial charge on any atom is -0.467 e. The van der Waals surface area contributed by atoms with Crippen LogP contribution in [0.2, 0.25) is 0 Å². The molecule has 3 atom stereocenters. The summed E-state index contributed by atoms with van der Waals surface area (Å²) in [6.45, 7) is 6.12. The van der Waals surface area contributed by atoms with Crippen LogP contribution in [0.1, 0.15) is 38.8 Å². The smallest absolute Gasteiger partial charge is 0.467 e. The van der Waals surface area contributed by atoms with E-state index in [0.29, 0.717) is 5.56 Å². The molecule has 208 valence electrons. The lowest BCUT2D eigenvalue weighted by atomic mass is 9.90. The Bertz CT molecular complexity index is 1120. The van der Waals surface area contributed by atoms with Crippen LogP contribution in [0.4, 0.5) is 18.0 Å².